The zero-order valence-corrected chi connectivity index (χ0v) is 12.5. The van der Waals surface area contributed by atoms with Crippen molar-refractivity contribution in [3.05, 3.63) is 0 Å². The number of hydrogen-bond donors (Lipinski definition) is 1. The molecule has 5 nitrogen and oxygen atoms in total. The molecule has 0 radical (unpaired) electrons. The van der Waals surface area contributed by atoms with Gasteiger partial charge in [0.2, 0.25) is 11.8 Å². The quantitative estimate of drug-likeness (QED) is 0.804. The molecule has 1 saturated carbocycles. The fraction of sp³-hybridized carbons (Fsp3) is 0.800. The highest BCUT2D eigenvalue weighted by Crippen LogP contribution is 2.35. The molecule has 0 spiro atoms. The van der Waals surface area contributed by atoms with Crippen molar-refractivity contribution in [2.24, 2.45) is 17.8 Å². The van der Waals surface area contributed by atoms with Gasteiger partial charge in [-0.3, -0.25) is 19.8 Å². The van der Waals surface area contributed by atoms with Crippen LogP contribution in [0.25, 0.3) is 0 Å². The first kappa shape index (κ1) is 15.0. The van der Waals surface area contributed by atoms with E-state index in [2.05, 4.69) is 5.32 Å². The molecule has 2 rings (SSSR count). The molecule has 2 aliphatic rings. The fourth-order valence-electron chi connectivity index (χ4n) is 3.58. The summed E-state index contributed by atoms with van der Waals surface area (Å²) < 4.78 is 0. The van der Waals surface area contributed by atoms with Crippen LogP contribution in [0.4, 0.5) is 4.79 Å². The summed E-state index contributed by atoms with van der Waals surface area (Å²) in [6.07, 6.45) is 4.66. The number of nitrogens with zero attached hydrogens (tertiary/aromatic N) is 1. The third-order valence-corrected chi connectivity index (χ3v) is 4.63. The number of imide groups is 2. The van der Waals surface area contributed by atoms with Gasteiger partial charge in [-0.25, -0.2) is 4.79 Å². The summed E-state index contributed by atoms with van der Waals surface area (Å²) in [7, 11) is 0. The third kappa shape index (κ3) is 2.58. The van der Waals surface area contributed by atoms with Gasteiger partial charge in [-0.05, 0) is 31.1 Å². The smallest absolute Gasteiger partial charge is 0.277 e. The summed E-state index contributed by atoms with van der Waals surface area (Å²) in [5.41, 5.74) is 0. The molecule has 1 aliphatic heterocycles. The topological polar surface area (TPSA) is 66.5 Å². The van der Waals surface area contributed by atoms with Gasteiger partial charge < -0.3 is 0 Å². The van der Waals surface area contributed by atoms with Crippen LogP contribution in [0.3, 0.4) is 0 Å². The molecule has 2 unspecified atom stereocenters. The van der Waals surface area contributed by atoms with E-state index in [1.807, 2.05) is 20.8 Å². The highest BCUT2D eigenvalue weighted by molar-refractivity contribution is 6.16. The number of urea groups is 1. The molecule has 1 aliphatic carbocycles. The van der Waals surface area contributed by atoms with Gasteiger partial charge in [0.1, 0.15) is 5.92 Å². The maximum atomic E-state index is 12.7. The predicted molar refractivity (Wildman–Crippen MR) is 74.7 cm³/mol. The maximum Gasteiger partial charge on any atom is 0.331 e. The Morgan fingerprint density at radius 3 is 2.30 bits per heavy atom. The molecule has 0 aromatic heterocycles. The molecule has 1 N–H and O–H groups in total. The Kier molecular flexibility index (Phi) is 4.45. The van der Waals surface area contributed by atoms with Gasteiger partial charge in [0, 0.05) is 6.04 Å². The van der Waals surface area contributed by atoms with E-state index in [4.69, 9.17) is 0 Å². The van der Waals surface area contributed by atoms with Crippen molar-refractivity contribution >= 4 is 17.8 Å². The van der Waals surface area contributed by atoms with Crippen LogP contribution >= 0.6 is 0 Å². The second-order valence-corrected chi connectivity index (χ2v) is 6.24. The summed E-state index contributed by atoms with van der Waals surface area (Å²) in [6, 6.07) is -0.686. The van der Waals surface area contributed by atoms with Gasteiger partial charge >= 0.3 is 6.03 Å². The first-order valence-corrected chi connectivity index (χ1v) is 7.65. The molecule has 4 amide bonds. The molecule has 5 heteroatoms. The lowest BCUT2D eigenvalue weighted by atomic mass is 9.86. The highest BCUT2D eigenvalue weighted by atomic mass is 16.2. The number of hydrogen-bond acceptors (Lipinski definition) is 3. The van der Waals surface area contributed by atoms with Crippen molar-refractivity contribution in [1.82, 2.24) is 10.2 Å². The summed E-state index contributed by atoms with van der Waals surface area (Å²) in [5.74, 6) is -1.06. The van der Waals surface area contributed by atoms with Crippen molar-refractivity contribution in [2.45, 2.75) is 58.9 Å². The van der Waals surface area contributed by atoms with E-state index < -0.39 is 17.9 Å². The number of nitrogens with one attached hydrogen (secondary N) is 1. The molecule has 1 heterocycles. The second-order valence-electron chi connectivity index (χ2n) is 6.24. The van der Waals surface area contributed by atoms with E-state index in [-0.39, 0.29) is 23.8 Å². The molecular weight excluding hydrogens is 256 g/mol. The Morgan fingerprint density at radius 1 is 1.20 bits per heavy atom. The lowest BCUT2D eigenvalue weighted by Crippen LogP contribution is -2.62. The lowest BCUT2D eigenvalue weighted by molar-refractivity contribution is -0.147. The Morgan fingerprint density at radius 2 is 1.80 bits per heavy atom. The van der Waals surface area contributed by atoms with Crippen LogP contribution in [0.15, 0.2) is 0 Å². The van der Waals surface area contributed by atoms with Gasteiger partial charge in [0.05, 0.1) is 0 Å². The van der Waals surface area contributed by atoms with E-state index in [1.165, 1.54) is 4.90 Å². The van der Waals surface area contributed by atoms with E-state index >= 15 is 0 Å². The van der Waals surface area contributed by atoms with Gasteiger partial charge in [0.25, 0.3) is 0 Å². The molecule has 0 bridgehead atoms. The van der Waals surface area contributed by atoms with Crippen LogP contribution in [0.5, 0.6) is 0 Å². The Balaban J connectivity index is 2.25. The minimum atomic E-state index is -0.664. The summed E-state index contributed by atoms with van der Waals surface area (Å²) in [4.78, 5) is 38.1. The maximum absolute atomic E-state index is 12.7. The molecule has 2 fully saturated rings. The normalized spacial score (nSPS) is 26.3. The zero-order chi connectivity index (χ0) is 14.9. The highest BCUT2D eigenvalue weighted by Gasteiger charge is 2.47. The van der Waals surface area contributed by atoms with Crippen LogP contribution in [0.1, 0.15) is 52.9 Å². The monoisotopic (exact) mass is 280 g/mol. The van der Waals surface area contributed by atoms with Crippen LogP contribution < -0.4 is 5.32 Å². The van der Waals surface area contributed by atoms with Crippen molar-refractivity contribution in [1.29, 1.82) is 0 Å². The Hall–Kier alpha value is -1.39. The number of rotatable bonds is 4. The molecule has 20 heavy (non-hydrogen) atoms. The lowest BCUT2D eigenvalue weighted by Gasteiger charge is -2.38. The van der Waals surface area contributed by atoms with E-state index in [0.29, 0.717) is 6.42 Å². The van der Waals surface area contributed by atoms with Crippen molar-refractivity contribution in [3.8, 4) is 0 Å². The van der Waals surface area contributed by atoms with E-state index in [0.717, 1.165) is 25.7 Å². The third-order valence-electron chi connectivity index (χ3n) is 4.63. The van der Waals surface area contributed by atoms with Gasteiger partial charge in [-0.1, -0.05) is 33.6 Å². The van der Waals surface area contributed by atoms with Gasteiger partial charge in [-0.15, -0.1) is 0 Å². The van der Waals surface area contributed by atoms with Gasteiger partial charge in [-0.2, -0.15) is 0 Å². The Labute approximate surface area is 120 Å². The molecule has 0 aromatic carbocycles. The predicted octanol–water partition coefficient (Wildman–Crippen LogP) is 2.31. The van der Waals surface area contributed by atoms with E-state index in [1.54, 1.807) is 0 Å². The number of carbonyl (C=O) groups is 3. The fourth-order valence-corrected chi connectivity index (χ4v) is 3.58. The standard InChI is InChI=1S/C15H24N2O3/c1-4-11(9(2)3)17-14(19)12(10-7-5-6-8-10)13(18)16-15(17)20/h9-12H,4-8H2,1-3H3,(H,16,18,20). The van der Waals surface area contributed by atoms with E-state index in [9.17, 15) is 14.4 Å². The number of barbiturate groups is 1. The minimum Gasteiger partial charge on any atom is -0.277 e. The van der Waals surface area contributed by atoms with Crippen molar-refractivity contribution in [2.75, 3.05) is 0 Å². The zero-order valence-electron chi connectivity index (χ0n) is 12.5. The first-order valence-electron chi connectivity index (χ1n) is 7.65. The molecular formula is C15H24N2O3. The summed E-state index contributed by atoms with van der Waals surface area (Å²) in [6.45, 7) is 5.96. The van der Waals surface area contributed by atoms with Crippen molar-refractivity contribution in [3.63, 3.8) is 0 Å². The first-order chi connectivity index (χ1) is 9.47. The largest absolute Gasteiger partial charge is 0.331 e. The summed E-state index contributed by atoms with van der Waals surface area (Å²) in [5, 5.41) is 2.38. The summed E-state index contributed by atoms with van der Waals surface area (Å²) >= 11 is 0. The van der Waals surface area contributed by atoms with Crippen LogP contribution in [-0.2, 0) is 9.59 Å². The second kappa shape index (κ2) is 5.94. The molecule has 2 atom stereocenters. The van der Waals surface area contributed by atoms with Crippen LogP contribution in [0, 0.1) is 17.8 Å². The van der Waals surface area contributed by atoms with Crippen molar-refractivity contribution < 1.29 is 14.4 Å². The SMILES string of the molecule is CCC(C(C)C)N1C(=O)NC(=O)C(C2CCCC2)C1=O. The van der Waals surface area contributed by atoms with Gasteiger partial charge in [0.15, 0.2) is 0 Å². The Bertz CT molecular complexity index is 413. The molecule has 0 aromatic rings. The minimum absolute atomic E-state index is 0.0998. The average molecular weight is 280 g/mol. The molecule has 1 saturated heterocycles. The average Bonchev–Trinajstić information content (AvgIpc) is 2.87. The number of carbonyl (C=O) groups excluding carboxylic acids is 3. The molecule has 112 valence electrons. The number of amides is 4. The van der Waals surface area contributed by atoms with Crippen LogP contribution in [0.2, 0.25) is 0 Å². The van der Waals surface area contributed by atoms with Crippen LogP contribution in [-0.4, -0.2) is 28.8 Å².